The van der Waals surface area contributed by atoms with Crippen molar-refractivity contribution in [3.05, 3.63) is 23.8 Å². The van der Waals surface area contributed by atoms with Gasteiger partial charge in [0, 0.05) is 31.0 Å². The maximum atomic E-state index is 11.5. The van der Waals surface area contributed by atoms with Crippen LogP contribution in [-0.2, 0) is 16.0 Å². The molecule has 4 heteroatoms. The number of carbonyl (C=O) groups excluding carboxylic acids is 2. The van der Waals surface area contributed by atoms with Crippen LogP contribution in [0.4, 0.5) is 5.69 Å². The Bertz CT molecular complexity index is 470. The van der Waals surface area contributed by atoms with Crippen molar-refractivity contribution in [1.29, 1.82) is 0 Å². The summed E-state index contributed by atoms with van der Waals surface area (Å²) in [6.07, 6.45) is 1.96. The van der Waals surface area contributed by atoms with E-state index < -0.39 is 0 Å². The normalized spacial score (nSPS) is 14.4. The van der Waals surface area contributed by atoms with E-state index in [0.29, 0.717) is 0 Å². The van der Waals surface area contributed by atoms with E-state index in [0.717, 1.165) is 35.5 Å². The highest BCUT2D eigenvalue weighted by Gasteiger charge is 2.20. The summed E-state index contributed by atoms with van der Waals surface area (Å²) in [4.78, 5) is 25.3. The van der Waals surface area contributed by atoms with Crippen molar-refractivity contribution in [3.8, 4) is 0 Å². The van der Waals surface area contributed by atoms with Gasteiger partial charge in [-0.15, -0.1) is 0 Å². The van der Waals surface area contributed by atoms with Gasteiger partial charge in [0.2, 0.25) is 5.91 Å². The van der Waals surface area contributed by atoms with Gasteiger partial charge in [-0.3, -0.25) is 9.59 Å². The van der Waals surface area contributed by atoms with Crippen LogP contribution in [0.3, 0.4) is 0 Å². The maximum absolute atomic E-state index is 11.5. The topological polar surface area (TPSA) is 37.4 Å². The fourth-order valence-electron chi connectivity index (χ4n) is 2.13. The number of hydrogen-bond acceptors (Lipinski definition) is 3. The Hall–Kier alpha value is -1.29. The zero-order chi connectivity index (χ0) is 12.4. The molecule has 3 nitrogen and oxygen atoms in total. The summed E-state index contributed by atoms with van der Waals surface area (Å²) >= 11 is 1.24. The number of aryl methyl sites for hydroxylation is 1. The van der Waals surface area contributed by atoms with Crippen LogP contribution in [0, 0.1) is 0 Å². The third kappa shape index (κ3) is 2.69. The minimum absolute atomic E-state index is 0.0814. The van der Waals surface area contributed by atoms with Gasteiger partial charge in [-0.1, -0.05) is 11.8 Å². The molecule has 2 rings (SSSR count). The van der Waals surface area contributed by atoms with Crippen molar-refractivity contribution in [3.63, 3.8) is 0 Å². The standard InChI is InChI=1S/C13H15NO2S/c1-9(15)14-7-3-4-11-8-12(17-10(2)16)5-6-13(11)14/h5-6,8H,3-4,7H2,1-2H3. The van der Waals surface area contributed by atoms with E-state index in [2.05, 4.69) is 0 Å². The van der Waals surface area contributed by atoms with Gasteiger partial charge in [0.05, 0.1) is 0 Å². The highest BCUT2D eigenvalue weighted by Crippen LogP contribution is 2.31. The fraction of sp³-hybridized carbons (Fsp3) is 0.385. The first-order chi connectivity index (χ1) is 8.08. The smallest absolute Gasteiger partial charge is 0.223 e. The van der Waals surface area contributed by atoms with E-state index in [9.17, 15) is 9.59 Å². The summed E-state index contributed by atoms with van der Waals surface area (Å²) < 4.78 is 0. The van der Waals surface area contributed by atoms with Crippen molar-refractivity contribution in [1.82, 2.24) is 0 Å². The largest absolute Gasteiger partial charge is 0.312 e. The molecule has 90 valence electrons. The SMILES string of the molecule is CC(=O)Sc1ccc2c(c1)CCCN2C(C)=O. The average Bonchev–Trinajstić information content (AvgIpc) is 2.26. The Morgan fingerprint density at radius 3 is 2.71 bits per heavy atom. The lowest BCUT2D eigenvalue weighted by molar-refractivity contribution is -0.116. The highest BCUT2D eigenvalue weighted by molar-refractivity contribution is 8.13. The molecule has 1 aliphatic rings. The predicted octanol–water partition coefficient (Wildman–Crippen LogP) is 2.62. The lowest BCUT2D eigenvalue weighted by Gasteiger charge is -2.28. The van der Waals surface area contributed by atoms with Crippen LogP contribution in [0.15, 0.2) is 23.1 Å². The van der Waals surface area contributed by atoms with Gasteiger partial charge in [0.1, 0.15) is 0 Å². The molecule has 0 bridgehead atoms. The van der Waals surface area contributed by atoms with Crippen molar-refractivity contribution >= 4 is 28.5 Å². The molecule has 0 fully saturated rings. The van der Waals surface area contributed by atoms with Crippen molar-refractivity contribution in [2.24, 2.45) is 0 Å². The number of anilines is 1. The molecule has 17 heavy (non-hydrogen) atoms. The van der Waals surface area contributed by atoms with Gasteiger partial charge in [0.15, 0.2) is 5.12 Å². The number of thioether (sulfide) groups is 1. The molecule has 0 aromatic heterocycles. The van der Waals surface area contributed by atoms with Crippen molar-refractivity contribution < 1.29 is 9.59 Å². The van der Waals surface area contributed by atoms with E-state index in [1.54, 1.807) is 18.7 Å². The van der Waals surface area contributed by atoms with Gasteiger partial charge in [-0.25, -0.2) is 0 Å². The van der Waals surface area contributed by atoms with Gasteiger partial charge >= 0.3 is 0 Å². The van der Waals surface area contributed by atoms with Crippen LogP contribution >= 0.6 is 11.8 Å². The molecule has 0 atom stereocenters. The summed E-state index contributed by atoms with van der Waals surface area (Å²) in [5.74, 6) is 0.0814. The molecular formula is C13H15NO2S. The highest BCUT2D eigenvalue weighted by atomic mass is 32.2. The minimum atomic E-state index is 0.0814. The Morgan fingerprint density at radius 2 is 2.06 bits per heavy atom. The second-order valence-corrected chi connectivity index (χ2v) is 5.41. The van der Waals surface area contributed by atoms with Crippen molar-refractivity contribution in [2.75, 3.05) is 11.4 Å². The number of rotatable bonds is 1. The summed E-state index contributed by atoms with van der Waals surface area (Å²) in [5, 5.41) is 0.0872. The molecule has 0 radical (unpaired) electrons. The third-order valence-corrected chi connectivity index (χ3v) is 3.59. The molecule has 0 spiro atoms. The first-order valence-electron chi connectivity index (χ1n) is 5.67. The maximum Gasteiger partial charge on any atom is 0.223 e. The predicted molar refractivity (Wildman–Crippen MR) is 69.3 cm³/mol. The molecule has 1 amide bonds. The van der Waals surface area contributed by atoms with E-state index >= 15 is 0 Å². The summed E-state index contributed by atoms with van der Waals surface area (Å²) in [5.41, 5.74) is 2.16. The van der Waals surface area contributed by atoms with Crippen LogP contribution < -0.4 is 4.90 Å². The second kappa shape index (κ2) is 4.92. The molecule has 0 N–H and O–H groups in total. The van der Waals surface area contributed by atoms with E-state index in [-0.39, 0.29) is 11.0 Å². The van der Waals surface area contributed by atoms with Gasteiger partial charge in [0.25, 0.3) is 0 Å². The van der Waals surface area contributed by atoms with Crippen LogP contribution in [0.5, 0.6) is 0 Å². The van der Waals surface area contributed by atoms with E-state index in [1.807, 2.05) is 18.2 Å². The van der Waals surface area contributed by atoms with E-state index in [1.165, 1.54) is 11.8 Å². The molecular weight excluding hydrogens is 234 g/mol. The fourth-order valence-corrected chi connectivity index (χ4v) is 2.80. The zero-order valence-corrected chi connectivity index (χ0v) is 10.8. The quantitative estimate of drug-likeness (QED) is 0.718. The average molecular weight is 249 g/mol. The molecule has 0 saturated heterocycles. The lowest BCUT2D eigenvalue weighted by atomic mass is 10.0. The molecule has 0 aliphatic carbocycles. The molecule has 0 saturated carbocycles. The molecule has 1 aliphatic heterocycles. The minimum Gasteiger partial charge on any atom is -0.312 e. The summed E-state index contributed by atoms with van der Waals surface area (Å²) in [6.45, 7) is 3.95. The first-order valence-corrected chi connectivity index (χ1v) is 6.49. The Labute approximate surface area is 105 Å². The number of amides is 1. The number of fused-ring (bicyclic) bond motifs is 1. The van der Waals surface area contributed by atoms with Gasteiger partial charge in [-0.2, -0.15) is 0 Å². The van der Waals surface area contributed by atoms with Crippen LogP contribution in [0.1, 0.15) is 25.8 Å². The molecule has 1 heterocycles. The Balaban J connectivity index is 2.32. The number of benzene rings is 1. The van der Waals surface area contributed by atoms with E-state index in [4.69, 9.17) is 0 Å². The van der Waals surface area contributed by atoms with Crippen LogP contribution in [0.25, 0.3) is 0 Å². The second-order valence-electron chi connectivity index (χ2n) is 4.16. The Morgan fingerprint density at radius 1 is 1.29 bits per heavy atom. The van der Waals surface area contributed by atoms with Gasteiger partial charge in [-0.05, 0) is 36.6 Å². The van der Waals surface area contributed by atoms with Crippen LogP contribution in [-0.4, -0.2) is 17.6 Å². The third-order valence-electron chi connectivity index (χ3n) is 2.81. The Kier molecular flexibility index (Phi) is 3.52. The number of nitrogens with zero attached hydrogens (tertiary/aromatic N) is 1. The lowest BCUT2D eigenvalue weighted by Crippen LogP contribution is -2.33. The van der Waals surface area contributed by atoms with Crippen LogP contribution in [0.2, 0.25) is 0 Å². The van der Waals surface area contributed by atoms with Crippen molar-refractivity contribution in [2.45, 2.75) is 31.6 Å². The molecule has 1 aromatic carbocycles. The summed E-state index contributed by atoms with van der Waals surface area (Å²) in [6, 6.07) is 5.88. The number of carbonyl (C=O) groups is 2. The first kappa shape index (κ1) is 12.2. The molecule has 0 unspecified atom stereocenters. The van der Waals surface area contributed by atoms with Gasteiger partial charge < -0.3 is 4.90 Å². The molecule has 1 aromatic rings. The summed E-state index contributed by atoms with van der Waals surface area (Å²) in [7, 11) is 0. The zero-order valence-electron chi connectivity index (χ0n) is 10.0. The number of hydrogen-bond donors (Lipinski definition) is 0. The monoisotopic (exact) mass is 249 g/mol.